The van der Waals surface area contributed by atoms with Crippen molar-refractivity contribution < 1.29 is 13.5 Å². The molecule has 0 spiro atoms. The third kappa shape index (κ3) is 4.05. The van der Waals surface area contributed by atoms with Gasteiger partial charge in [0.1, 0.15) is 0 Å². The predicted octanol–water partition coefficient (Wildman–Crippen LogP) is 2.56. The molecule has 0 atom stereocenters. The lowest BCUT2D eigenvalue weighted by atomic mass is 10.1. The SMILES string of the molecule is CN(C1CCCCCC1)S(=O)(=O)c1ccc(CCO)cc1. The molecule has 1 aromatic rings. The van der Waals surface area contributed by atoms with Gasteiger partial charge in [-0.15, -0.1) is 0 Å². The summed E-state index contributed by atoms with van der Waals surface area (Å²) >= 11 is 0. The normalized spacial score (nSPS) is 17.9. The van der Waals surface area contributed by atoms with Crippen molar-refractivity contribution in [2.45, 2.75) is 55.9 Å². The molecular formula is C16H25NO3S. The molecule has 1 aliphatic carbocycles. The average Bonchev–Trinajstić information content (AvgIpc) is 2.76. The molecule has 1 N–H and O–H groups in total. The smallest absolute Gasteiger partial charge is 0.243 e. The van der Waals surface area contributed by atoms with Gasteiger partial charge in [0, 0.05) is 19.7 Å². The van der Waals surface area contributed by atoms with E-state index in [9.17, 15) is 8.42 Å². The van der Waals surface area contributed by atoms with E-state index in [1.54, 1.807) is 35.6 Å². The minimum absolute atomic E-state index is 0.0775. The number of sulfonamides is 1. The first-order valence-electron chi connectivity index (χ1n) is 7.73. The summed E-state index contributed by atoms with van der Waals surface area (Å²) in [6, 6.07) is 6.98. The zero-order chi connectivity index (χ0) is 15.3. The van der Waals surface area contributed by atoms with E-state index in [4.69, 9.17) is 5.11 Å². The van der Waals surface area contributed by atoms with Gasteiger partial charge in [-0.3, -0.25) is 0 Å². The summed E-state index contributed by atoms with van der Waals surface area (Å²) in [5, 5.41) is 8.91. The zero-order valence-corrected chi connectivity index (χ0v) is 13.5. The Kier molecular flexibility index (Phi) is 5.79. The van der Waals surface area contributed by atoms with Gasteiger partial charge in [0.25, 0.3) is 0 Å². The van der Waals surface area contributed by atoms with Crippen LogP contribution < -0.4 is 0 Å². The van der Waals surface area contributed by atoms with Crippen molar-refractivity contribution in [2.24, 2.45) is 0 Å². The maximum Gasteiger partial charge on any atom is 0.243 e. The maximum absolute atomic E-state index is 12.7. The van der Waals surface area contributed by atoms with Crippen molar-refractivity contribution in [1.29, 1.82) is 0 Å². The van der Waals surface area contributed by atoms with Crippen LogP contribution in [0.2, 0.25) is 0 Å². The first kappa shape index (κ1) is 16.5. The first-order valence-corrected chi connectivity index (χ1v) is 9.17. The maximum atomic E-state index is 12.7. The van der Waals surface area contributed by atoms with Crippen LogP contribution in [0.5, 0.6) is 0 Å². The highest BCUT2D eigenvalue weighted by molar-refractivity contribution is 7.89. The van der Waals surface area contributed by atoms with Crippen LogP contribution in [0.25, 0.3) is 0 Å². The number of rotatable bonds is 5. The number of benzene rings is 1. The molecule has 5 heteroatoms. The molecule has 0 bridgehead atoms. The lowest BCUT2D eigenvalue weighted by Gasteiger charge is -2.26. The highest BCUT2D eigenvalue weighted by Gasteiger charge is 2.28. The first-order chi connectivity index (χ1) is 10.1. The van der Waals surface area contributed by atoms with Crippen molar-refractivity contribution in [3.63, 3.8) is 0 Å². The third-order valence-electron chi connectivity index (χ3n) is 4.34. The summed E-state index contributed by atoms with van der Waals surface area (Å²) in [4.78, 5) is 0.343. The van der Waals surface area contributed by atoms with Crippen LogP contribution in [-0.2, 0) is 16.4 Å². The van der Waals surface area contributed by atoms with Gasteiger partial charge in [-0.05, 0) is 37.0 Å². The van der Waals surface area contributed by atoms with E-state index in [2.05, 4.69) is 0 Å². The van der Waals surface area contributed by atoms with Crippen molar-refractivity contribution in [3.8, 4) is 0 Å². The lowest BCUT2D eigenvalue weighted by Crippen LogP contribution is -2.36. The molecule has 1 fully saturated rings. The molecule has 0 radical (unpaired) electrons. The minimum Gasteiger partial charge on any atom is -0.396 e. The molecule has 118 valence electrons. The summed E-state index contributed by atoms with van der Waals surface area (Å²) in [5.41, 5.74) is 0.952. The summed E-state index contributed by atoms with van der Waals surface area (Å²) in [6.45, 7) is 0.0775. The Morgan fingerprint density at radius 1 is 1.10 bits per heavy atom. The fraction of sp³-hybridized carbons (Fsp3) is 0.625. The van der Waals surface area contributed by atoms with Gasteiger partial charge < -0.3 is 5.11 Å². The Balaban J connectivity index is 2.15. The fourth-order valence-corrected chi connectivity index (χ4v) is 4.36. The van der Waals surface area contributed by atoms with Crippen LogP contribution in [0.1, 0.15) is 44.1 Å². The fourth-order valence-electron chi connectivity index (χ4n) is 2.94. The number of aliphatic hydroxyl groups is 1. The van der Waals surface area contributed by atoms with Gasteiger partial charge in [0.05, 0.1) is 4.90 Å². The standard InChI is InChI=1S/C16H25NO3S/c1-17(15-6-4-2-3-5-7-15)21(19,20)16-10-8-14(9-11-16)12-13-18/h8-11,15,18H,2-7,12-13H2,1H3. The Hall–Kier alpha value is -0.910. The number of hydrogen-bond donors (Lipinski definition) is 1. The Morgan fingerprint density at radius 3 is 2.19 bits per heavy atom. The molecule has 0 unspecified atom stereocenters. The summed E-state index contributed by atoms with van der Waals surface area (Å²) in [5.74, 6) is 0. The molecule has 0 aliphatic heterocycles. The van der Waals surface area contributed by atoms with Crippen LogP contribution in [-0.4, -0.2) is 37.5 Å². The van der Waals surface area contributed by atoms with E-state index in [-0.39, 0.29) is 12.6 Å². The van der Waals surface area contributed by atoms with Crippen molar-refractivity contribution in [3.05, 3.63) is 29.8 Å². The second-order valence-corrected chi connectivity index (χ2v) is 7.78. The van der Waals surface area contributed by atoms with E-state index in [1.807, 2.05) is 0 Å². The van der Waals surface area contributed by atoms with E-state index >= 15 is 0 Å². The molecule has 0 heterocycles. The molecule has 2 rings (SSSR count). The highest BCUT2D eigenvalue weighted by Crippen LogP contribution is 2.26. The van der Waals surface area contributed by atoms with Gasteiger partial charge in [-0.1, -0.05) is 37.8 Å². The van der Waals surface area contributed by atoms with E-state index in [1.165, 1.54) is 12.8 Å². The third-order valence-corrected chi connectivity index (χ3v) is 6.26. The summed E-state index contributed by atoms with van der Waals surface area (Å²) in [6.07, 6.45) is 7.11. The monoisotopic (exact) mass is 311 g/mol. The quantitative estimate of drug-likeness (QED) is 0.850. The van der Waals surface area contributed by atoms with Crippen molar-refractivity contribution in [1.82, 2.24) is 4.31 Å². The summed E-state index contributed by atoms with van der Waals surface area (Å²) in [7, 11) is -1.71. The second-order valence-electron chi connectivity index (χ2n) is 5.78. The largest absolute Gasteiger partial charge is 0.396 e. The molecular weight excluding hydrogens is 286 g/mol. The van der Waals surface area contributed by atoms with Crippen molar-refractivity contribution >= 4 is 10.0 Å². The molecule has 4 nitrogen and oxygen atoms in total. The molecule has 1 aliphatic rings. The summed E-state index contributed by atoms with van der Waals surface area (Å²) < 4.78 is 26.9. The van der Waals surface area contributed by atoms with Crippen LogP contribution in [0.4, 0.5) is 0 Å². The Labute approximate surface area is 127 Å². The molecule has 1 saturated carbocycles. The van der Waals surface area contributed by atoms with Gasteiger partial charge in [0.15, 0.2) is 0 Å². The van der Waals surface area contributed by atoms with Crippen LogP contribution in [0.15, 0.2) is 29.2 Å². The molecule has 1 aromatic carbocycles. The minimum atomic E-state index is -3.42. The predicted molar refractivity (Wildman–Crippen MR) is 83.7 cm³/mol. The van der Waals surface area contributed by atoms with Gasteiger partial charge in [-0.25, -0.2) is 8.42 Å². The molecule has 0 aromatic heterocycles. The van der Waals surface area contributed by atoms with Crippen LogP contribution in [0.3, 0.4) is 0 Å². The Bertz CT molecular complexity index is 531. The van der Waals surface area contributed by atoms with E-state index in [0.29, 0.717) is 11.3 Å². The lowest BCUT2D eigenvalue weighted by molar-refractivity contribution is 0.299. The second kappa shape index (κ2) is 7.38. The highest BCUT2D eigenvalue weighted by atomic mass is 32.2. The van der Waals surface area contributed by atoms with Crippen LogP contribution in [0, 0.1) is 0 Å². The van der Waals surface area contributed by atoms with Crippen LogP contribution >= 0.6 is 0 Å². The Morgan fingerprint density at radius 2 is 1.67 bits per heavy atom. The van der Waals surface area contributed by atoms with Gasteiger partial charge in [-0.2, -0.15) is 4.31 Å². The van der Waals surface area contributed by atoms with E-state index < -0.39 is 10.0 Å². The number of hydrogen-bond acceptors (Lipinski definition) is 3. The number of nitrogens with zero attached hydrogens (tertiary/aromatic N) is 1. The topological polar surface area (TPSA) is 57.6 Å². The molecule has 0 amide bonds. The zero-order valence-electron chi connectivity index (χ0n) is 12.7. The van der Waals surface area contributed by atoms with Crippen molar-refractivity contribution in [2.75, 3.05) is 13.7 Å². The molecule has 0 saturated heterocycles. The average molecular weight is 311 g/mol. The van der Waals surface area contributed by atoms with E-state index in [0.717, 1.165) is 31.2 Å². The molecule has 21 heavy (non-hydrogen) atoms. The van der Waals surface area contributed by atoms with Gasteiger partial charge in [0.2, 0.25) is 10.0 Å². The van der Waals surface area contributed by atoms with Gasteiger partial charge >= 0.3 is 0 Å². The number of aliphatic hydroxyl groups excluding tert-OH is 1.